The van der Waals surface area contributed by atoms with Gasteiger partial charge < -0.3 is 5.32 Å². The van der Waals surface area contributed by atoms with Gasteiger partial charge in [0, 0.05) is 14.9 Å². The van der Waals surface area contributed by atoms with Gasteiger partial charge in [-0.25, -0.2) is 0 Å². The van der Waals surface area contributed by atoms with Gasteiger partial charge >= 0.3 is 0 Å². The maximum absolute atomic E-state index is 12.8. The van der Waals surface area contributed by atoms with Gasteiger partial charge in [-0.15, -0.1) is 11.3 Å². The number of anilines is 1. The van der Waals surface area contributed by atoms with Gasteiger partial charge in [0.25, 0.3) is 5.91 Å². The summed E-state index contributed by atoms with van der Waals surface area (Å²) in [6.07, 6.45) is 0. The van der Waals surface area contributed by atoms with Gasteiger partial charge in [-0.05, 0) is 65.2 Å². The summed E-state index contributed by atoms with van der Waals surface area (Å²) < 4.78 is 2.78. The van der Waals surface area contributed by atoms with E-state index in [-0.39, 0.29) is 5.91 Å². The van der Waals surface area contributed by atoms with Gasteiger partial charge in [0.05, 0.1) is 22.8 Å². The summed E-state index contributed by atoms with van der Waals surface area (Å²) in [5.74, 6) is -0.130. The minimum absolute atomic E-state index is 0.130. The summed E-state index contributed by atoms with van der Waals surface area (Å²) in [6, 6.07) is 15.5. The first-order valence-corrected chi connectivity index (χ1v) is 10.7. The SMILES string of the molecule is Cc1ccc(NC(=O)c2cc3c(C)nn(Cc4ccccc4Cl)c3s2)c(Br)c1. The summed E-state index contributed by atoms with van der Waals surface area (Å²) >= 11 is 11.2. The number of aryl methyl sites for hydroxylation is 2. The number of hydrogen-bond donors (Lipinski definition) is 1. The van der Waals surface area contributed by atoms with E-state index in [9.17, 15) is 4.79 Å². The van der Waals surface area contributed by atoms with E-state index in [0.29, 0.717) is 16.4 Å². The zero-order chi connectivity index (χ0) is 19.8. The molecule has 0 aliphatic rings. The van der Waals surface area contributed by atoms with Crippen molar-refractivity contribution in [2.75, 3.05) is 5.32 Å². The minimum atomic E-state index is -0.130. The smallest absolute Gasteiger partial charge is 0.265 e. The number of halogens is 2. The van der Waals surface area contributed by atoms with Gasteiger partial charge in [-0.1, -0.05) is 35.9 Å². The quantitative estimate of drug-likeness (QED) is 0.370. The highest BCUT2D eigenvalue weighted by molar-refractivity contribution is 9.10. The predicted octanol–water partition coefficient (Wildman–Crippen LogP) is 6.43. The van der Waals surface area contributed by atoms with Crippen molar-refractivity contribution >= 4 is 60.7 Å². The predicted molar refractivity (Wildman–Crippen MR) is 120 cm³/mol. The van der Waals surface area contributed by atoms with Crippen molar-refractivity contribution in [2.24, 2.45) is 0 Å². The zero-order valence-corrected chi connectivity index (χ0v) is 18.5. The van der Waals surface area contributed by atoms with Gasteiger partial charge in [0.1, 0.15) is 4.83 Å². The molecule has 1 amide bonds. The first-order valence-electron chi connectivity index (χ1n) is 8.70. The van der Waals surface area contributed by atoms with Crippen molar-refractivity contribution in [3.63, 3.8) is 0 Å². The number of rotatable bonds is 4. The molecule has 0 fully saturated rings. The summed E-state index contributed by atoms with van der Waals surface area (Å²) in [5, 5.41) is 9.30. The molecule has 0 bridgehead atoms. The molecule has 1 N–H and O–H groups in total. The summed E-state index contributed by atoms with van der Waals surface area (Å²) in [5.41, 5.74) is 3.77. The minimum Gasteiger partial charge on any atom is -0.320 e. The van der Waals surface area contributed by atoms with E-state index in [2.05, 4.69) is 26.3 Å². The Hall–Kier alpha value is -2.15. The monoisotopic (exact) mass is 473 g/mol. The van der Waals surface area contributed by atoms with Crippen molar-refractivity contribution < 1.29 is 4.79 Å². The van der Waals surface area contributed by atoms with Crippen LogP contribution in [0.4, 0.5) is 5.69 Å². The van der Waals surface area contributed by atoms with Crippen LogP contribution >= 0.6 is 38.9 Å². The van der Waals surface area contributed by atoms with Gasteiger partial charge in [0.15, 0.2) is 0 Å². The Labute approximate surface area is 180 Å². The van der Waals surface area contributed by atoms with Crippen molar-refractivity contribution in [1.29, 1.82) is 0 Å². The Bertz CT molecular complexity index is 1200. The third-order valence-corrected chi connectivity index (χ3v) is 6.65. The van der Waals surface area contributed by atoms with E-state index in [4.69, 9.17) is 11.6 Å². The zero-order valence-electron chi connectivity index (χ0n) is 15.3. The van der Waals surface area contributed by atoms with Crippen LogP contribution in [-0.2, 0) is 6.54 Å². The Morgan fingerprint density at radius 3 is 2.75 bits per heavy atom. The Morgan fingerprint density at radius 2 is 2.00 bits per heavy atom. The van der Waals surface area contributed by atoms with Crippen LogP contribution in [0, 0.1) is 13.8 Å². The summed E-state index contributed by atoms with van der Waals surface area (Å²) in [7, 11) is 0. The highest BCUT2D eigenvalue weighted by atomic mass is 79.9. The van der Waals surface area contributed by atoms with Crippen LogP contribution in [0.5, 0.6) is 0 Å². The van der Waals surface area contributed by atoms with Crippen LogP contribution < -0.4 is 5.32 Å². The standard InChI is InChI=1S/C21H17BrClN3OS/c1-12-7-8-18(16(22)9-12)24-20(27)19-10-15-13(2)25-26(21(15)28-19)11-14-5-3-4-6-17(14)23/h3-10H,11H2,1-2H3,(H,24,27). The fourth-order valence-corrected chi connectivity index (χ4v) is 4.87. The lowest BCUT2D eigenvalue weighted by Gasteiger charge is -2.07. The fraction of sp³-hybridized carbons (Fsp3) is 0.143. The second-order valence-corrected chi connectivity index (χ2v) is 8.89. The lowest BCUT2D eigenvalue weighted by Crippen LogP contribution is -2.10. The molecule has 2 aromatic heterocycles. The summed E-state index contributed by atoms with van der Waals surface area (Å²) in [4.78, 5) is 14.4. The molecule has 0 spiro atoms. The maximum Gasteiger partial charge on any atom is 0.265 e. The van der Waals surface area contributed by atoms with Crippen LogP contribution in [0.25, 0.3) is 10.2 Å². The van der Waals surface area contributed by atoms with E-state index in [1.165, 1.54) is 11.3 Å². The number of nitrogens with zero attached hydrogens (tertiary/aromatic N) is 2. The molecule has 0 saturated heterocycles. The molecule has 0 aliphatic heterocycles. The Kier molecular flexibility index (Phi) is 5.27. The Balaban J connectivity index is 1.64. The molecule has 4 rings (SSSR count). The largest absolute Gasteiger partial charge is 0.320 e. The molecule has 4 aromatic rings. The number of benzene rings is 2. The van der Waals surface area contributed by atoms with Crippen LogP contribution in [0.15, 0.2) is 53.0 Å². The molecule has 4 nitrogen and oxygen atoms in total. The Morgan fingerprint density at radius 1 is 1.21 bits per heavy atom. The van der Waals surface area contributed by atoms with Crippen molar-refractivity contribution in [3.8, 4) is 0 Å². The molecular formula is C21H17BrClN3OS. The number of amides is 1. The molecule has 2 aromatic carbocycles. The third kappa shape index (κ3) is 3.72. The lowest BCUT2D eigenvalue weighted by atomic mass is 10.2. The second-order valence-electron chi connectivity index (χ2n) is 6.60. The van der Waals surface area contributed by atoms with E-state index in [1.807, 2.05) is 67.1 Å². The highest BCUT2D eigenvalue weighted by Crippen LogP contribution is 2.31. The number of thiophene rings is 1. The van der Waals surface area contributed by atoms with Crippen LogP contribution in [-0.4, -0.2) is 15.7 Å². The fourth-order valence-electron chi connectivity index (χ4n) is 3.03. The lowest BCUT2D eigenvalue weighted by molar-refractivity contribution is 0.103. The highest BCUT2D eigenvalue weighted by Gasteiger charge is 2.17. The molecule has 28 heavy (non-hydrogen) atoms. The number of hydrogen-bond acceptors (Lipinski definition) is 3. The number of carbonyl (C=O) groups is 1. The molecule has 2 heterocycles. The topological polar surface area (TPSA) is 46.9 Å². The van der Waals surface area contributed by atoms with Crippen molar-refractivity contribution in [3.05, 3.63) is 79.7 Å². The average Bonchev–Trinajstić information content (AvgIpc) is 3.21. The first-order chi connectivity index (χ1) is 13.4. The normalized spacial score (nSPS) is 11.1. The van der Waals surface area contributed by atoms with E-state index in [1.54, 1.807) is 0 Å². The second kappa shape index (κ2) is 7.70. The first kappa shape index (κ1) is 19.2. The van der Waals surface area contributed by atoms with Crippen LogP contribution in [0.3, 0.4) is 0 Å². The molecule has 0 aliphatic carbocycles. The van der Waals surface area contributed by atoms with Crippen molar-refractivity contribution in [2.45, 2.75) is 20.4 Å². The molecule has 0 radical (unpaired) electrons. The number of aromatic nitrogens is 2. The van der Waals surface area contributed by atoms with E-state index in [0.717, 1.165) is 37.2 Å². The van der Waals surface area contributed by atoms with Gasteiger partial charge in [-0.2, -0.15) is 5.10 Å². The van der Waals surface area contributed by atoms with E-state index >= 15 is 0 Å². The summed E-state index contributed by atoms with van der Waals surface area (Å²) in [6.45, 7) is 4.53. The molecule has 7 heteroatoms. The molecule has 0 atom stereocenters. The molecular weight excluding hydrogens is 458 g/mol. The molecule has 0 unspecified atom stereocenters. The van der Waals surface area contributed by atoms with Crippen LogP contribution in [0.1, 0.15) is 26.5 Å². The third-order valence-electron chi connectivity index (χ3n) is 4.48. The van der Waals surface area contributed by atoms with E-state index < -0.39 is 0 Å². The number of fused-ring (bicyclic) bond motifs is 1. The van der Waals surface area contributed by atoms with Crippen molar-refractivity contribution in [1.82, 2.24) is 9.78 Å². The maximum atomic E-state index is 12.8. The molecule has 0 saturated carbocycles. The van der Waals surface area contributed by atoms with Crippen LogP contribution in [0.2, 0.25) is 5.02 Å². The van der Waals surface area contributed by atoms with Gasteiger partial charge in [-0.3, -0.25) is 9.48 Å². The van der Waals surface area contributed by atoms with Gasteiger partial charge in [0.2, 0.25) is 0 Å². The average molecular weight is 475 g/mol. The number of carbonyl (C=O) groups excluding carboxylic acids is 1. The number of nitrogens with one attached hydrogen (secondary N) is 1. The molecule has 142 valence electrons.